The molecule has 0 saturated heterocycles. The van der Waals surface area contributed by atoms with Crippen molar-refractivity contribution in [1.29, 1.82) is 5.26 Å². The number of nitrogens with zero attached hydrogens (tertiary/aromatic N) is 4. The maximum absolute atomic E-state index is 9.31. The molecular formula is C25H21N7O. The number of anilines is 2. The van der Waals surface area contributed by atoms with E-state index < -0.39 is 0 Å². The second-order valence-corrected chi connectivity index (χ2v) is 7.60. The summed E-state index contributed by atoms with van der Waals surface area (Å²) < 4.78 is 5.72. The maximum Gasteiger partial charge on any atom is 0.143 e. The lowest BCUT2D eigenvalue weighted by atomic mass is 10.0. The van der Waals surface area contributed by atoms with Crippen LogP contribution in [-0.2, 0) is 13.0 Å². The van der Waals surface area contributed by atoms with Crippen molar-refractivity contribution in [2.75, 3.05) is 11.1 Å². The van der Waals surface area contributed by atoms with Crippen molar-refractivity contribution in [3.63, 3.8) is 0 Å². The number of aromatic amines is 1. The molecule has 0 spiro atoms. The quantitative estimate of drug-likeness (QED) is 0.345. The van der Waals surface area contributed by atoms with Gasteiger partial charge < -0.3 is 20.5 Å². The van der Waals surface area contributed by atoms with E-state index in [1.54, 1.807) is 18.5 Å². The smallest absolute Gasteiger partial charge is 0.143 e. The minimum absolute atomic E-state index is 0.450. The molecule has 4 heterocycles. The fraction of sp³-hybridized carbons (Fsp3) is 0.120. The molecule has 0 unspecified atom stereocenters. The van der Waals surface area contributed by atoms with Gasteiger partial charge in [0.2, 0.25) is 0 Å². The van der Waals surface area contributed by atoms with Crippen LogP contribution in [0.15, 0.2) is 65.8 Å². The van der Waals surface area contributed by atoms with Crippen LogP contribution in [-0.4, -0.2) is 19.9 Å². The van der Waals surface area contributed by atoms with Crippen molar-refractivity contribution in [3.8, 4) is 28.5 Å². The zero-order valence-corrected chi connectivity index (χ0v) is 18.0. The van der Waals surface area contributed by atoms with Gasteiger partial charge in [-0.3, -0.25) is 0 Å². The van der Waals surface area contributed by atoms with Crippen molar-refractivity contribution in [1.82, 2.24) is 19.9 Å². The summed E-state index contributed by atoms with van der Waals surface area (Å²) in [4.78, 5) is 15.9. The Hall–Kier alpha value is -4.64. The van der Waals surface area contributed by atoms with E-state index in [1.807, 2.05) is 24.4 Å². The van der Waals surface area contributed by atoms with E-state index in [0.29, 0.717) is 29.4 Å². The number of H-pyrrole nitrogens is 1. The molecule has 1 aromatic carbocycles. The number of nitrogens with one attached hydrogen (secondary N) is 2. The molecule has 4 aromatic heterocycles. The van der Waals surface area contributed by atoms with Crippen LogP contribution in [0, 0.1) is 11.3 Å². The highest BCUT2D eigenvalue weighted by molar-refractivity contribution is 6.00. The van der Waals surface area contributed by atoms with Crippen LogP contribution >= 0.6 is 0 Å². The predicted molar refractivity (Wildman–Crippen MR) is 127 cm³/mol. The topological polar surface area (TPSA) is 129 Å². The molecular weight excluding hydrogens is 414 g/mol. The summed E-state index contributed by atoms with van der Waals surface area (Å²) in [6, 6.07) is 14.1. The largest absolute Gasteiger partial charge is 0.464 e. The van der Waals surface area contributed by atoms with Gasteiger partial charge in [-0.1, -0.05) is 31.2 Å². The minimum Gasteiger partial charge on any atom is -0.464 e. The Morgan fingerprint density at radius 2 is 1.97 bits per heavy atom. The SMILES string of the molecule is CCc1ccoc1-c1cc(C#N)cnc1NCc1ccc(-c2c[nH]c3ncnc(N)c23)cc1. The third-order valence-electron chi connectivity index (χ3n) is 5.61. The van der Waals surface area contributed by atoms with Gasteiger partial charge in [-0.2, -0.15) is 5.26 Å². The Kier molecular flexibility index (Phi) is 5.21. The number of pyridine rings is 1. The zero-order valence-electron chi connectivity index (χ0n) is 18.0. The van der Waals surface area contributed by atoms with Gasteiger partial charge in [0, 0.05) is 24.5 Å². The predicted octanol–water partition coefficient (Wildman–Crippen LogP) is 4.91. The van der Waals surface area contributed by atoms with E-state index >= 15 is 0 Å². The van der Waals surface area contributed by atoms with Gasteiger partial charge in [0.05, 0.1) is 22.8 Å². The van der Waals surface area contributed by atoms with Gasteiger partial charge in [0.15, 0.2) is 0 Å². The molecule has 0 amide bonds. The first kappa shape index (κ1) is 20.3. The fourth-order valence-corrected chi connectivity index (χ4v) is 3.89. The number of furan rings is 1. The number of hydrogen-bond donors (Lipinski definition) is 3. The Balaban J connectivity index is 1.40. The second kappa shape index (κ2) is 8.48. The Morgan fingerprint density at radius 3 is 2.76 bits per heavy atom. The number of nitrogens with two attached hydrogens (primary N) is 1. The van der Waals surface area contributed by atoms with Gasteiger partial charge in [0.1, 0.15) is 35.4 Å². The van der Waals surface area contributed by atoms with Crippen LogP contribution in [0.25, 0.3) is 33.5 Å². The molecule has 0 saturated carbocycles. The number of benzene rings is 1. The second-order valence-electron chi connectivity index (χ2n) is 7.60. The van der Waals surface area contributed by atoms with Crippen LogP contribution < -0.4 is 11.1 Å². The van der Waals surface area contributed by atoms with Gasteiger partial charge in [-0.15, -0.1) is 0 Å². The normalized spacial score (nSPS) is 10.9. The number of hydrogen-bond acceptors (Lipinski definition) is 7. The summed E-state index contributed by atoms with van der Waals surface area (Å²) in [5, 5.41) is 13.5. The van der Waals surface area contributed by atoms with Crippen molar-refractivity contribution < 1.29 is 4.42 Å². The molecule has 0 aliphatic carbocycles. The lowest BCUT2D eigenvalue weighted by Gasteiger charge is -2.12. The van der Waals surface area contributed by atoms with E-state index in [9.17, 15) is 5.26 Å². The first-order valence-electron chi connectivity index (χ1n) is 10.6. The van der Waals surface area contributed by atoms with Crippen LogP contribution in [0.3, 0.4) is 0 Å². The number of aryl methyl sites for hydroxylation is 1. The number of fused-ring (bicyclic) bond motifs is 1. The van der Waals surface area contributed by atoms with Gasteiger partial charge in [0.25, 0.3) is 0 Å². The van der Waals surface area contributed by atoms with Crippen LogP contribution in [0.2, 0.25) is 0 Å². The van der Waals surface area contributed by atoms with Gasteiger partial charge in [-0.05, 0) is 35.2 Å². The average Bonchev–Trinajstić information content (AvgIpc) is 3.51. The third kappa shape index (κ3) is 3.77. The Bertz CT molecular complexity index is 1480. The molecule has 8 nitrogen and oxygen atoms in total. The van der Waals surface area contributed by atoms with Crippen molar-refractivity contribution in [2.24, 2.45) is 0 Å². The highest BCUT2D eigenvalue weighted by Gasteiger charge is 2.15. The minimum atomic E-state index is 0.450. The first-order chi connectivity index (χ1) is 16.2. The van der Waals surface area contributed by atoms with Gasteiger partial charge >= 0.3 is 0 Å². The zero-order chi connectivity index (χ0) is 22.8. The molecule has 4 N–H and O–H groups in total. The summed E-state index contributed by atoms with van der Waals surface area (Å²) >= 11 is 0. The van der Waals surface area contributed by atoms with Crippen molar-refractivity contribution in [2.45, 2.75) is 19.9 Å². The molecule has 0 bridgehead atoms. The molecule has 8 heteroatoms. The summed E-state index contributed by atoms with van der Waals surface area (Å²) in [6.45, 7) is 2.63. The lowest BCUT2D eigenvalue weighted by molar-refractivity contribution is 0.579. The molecule has 0 atom stereocenters. The van der Waals surface area contributed by atoms with E-state index in [-0.39, 0.29) is 0 Å². The lowest BCUT2D eigenvalue weighted by Crippen LogP contribution is -2.04. The summed E-state index contributed by atoms with van der Waals surface area (Å²) in [5.74, 6) is 1.86. The Labute approximate surface area is 190 Å². The van der Waals surface area contributed by atoms with Crippen molar-refractivity contribution >= 4 is 22.7 Å². The molecule has 162 valence electrons. The van der Waals surface area contributed by atoms with Crippen molar-refractivity contribution in [3.05, 3.63) is 78.1 Å². The monoisotopic (exact) mass is 435 g/mol. The summed E-state index contributed by atoms with van der Waals surface area (Å²) in [6.07, 6.45) is 7.40. The van der Waals surface area contributed by atoms with Crippen LogP contribution in [0.4, 0.5) is 11.6 Å². The average molecular weight is 435 g/mol. The van der Waals surface area contributed by atoms with E-state index in [2.05, 4.69) is 50.4 Å². The number of nitriles is 1. The highest BCUT2D eigenvalue weighted by atomic mass is 16.3. The molecule has 0 aliphatic rings. The highest BCUT2D eigenvalue weighted by Crippen LogP contribution is 2.33. The molecule has 5 aromatic rings. The number of aromatic nitrogens is 4. The van der Waals surface area contributed by atoms with E-state index in [1.165, 1.54) is 6.33 Å². The summed E-state index contributed by atoms with van der Waals surface area (Å²) in [5.41, 5.74) is 12.2. The standard InChI is InChI=1S/C25H21N7O/c1-2-17-7-8-33-22(17)19-9-16(10-26)12-29-24(19)28-11-15-3-5-18(6-4-15)20-13-30-25-21(20)23(27)31-14-32-25/h3-9,12-14H,2,11H2,1H3,(H,28,29)(H3,27,30,31,32). The maximum atomic E-state index is 9.31. The molecule has 0 radical (unpaired) electrons. The Morgan fingerprint density at radius 1 is 1.12 bits per heavy atom. The van der Waals surface area contributed by atoms with E-state index in [0.717, 1.165) is 45.4 Å². The molecule has 0 fully saturated rings. The van der Waals surface area contributed by atoms with Crippen LogP contribution in [0.5, 0.6) is 0 Å². The third-order valence-corrected chi connectivity index (χ3v) is 5.61. The molecule has 5 rings (SSSR count). The first-order valence-corrected chi connectivity index (χ1v) is 10.6. The number of nitrogen functional groups attached to an aromatic ring is 1. The van der Waals surface area contributed by atoms with Crippen LogP contribution in [0.1, 0.15) is 23.6 Å². The number of rotatable bonds is 6. The van der Waals surface area contributed by atoms with Gasteiger partial charge in [-0.25, -0.2) is 15.0 Å². The molecule has 0 aliphatic heterocycles. The molecule has 33 heavy (non-hydrogen) atoms. The van der Waals surface area contributed by atoms with E-state index in [4.69, 9.17) is 10.2 Å². The fourth-order valence-electron chi connectivity index (χ4n) is 3.89. The summed E-state index contributed by atoms with van der Waals surface area (Å²) in [7, 11) is 0.